The largest absolute Gasteiger partial charge is 0.396 e. The lowest BCUT2D eigenvalue weighted by Crippen LogP contribution is -2.44. The summed E-state index contributed by atoms with van der Waals surface area (Å²) in [5.74, 6) is -0.444. The Hall–Kier alpha value is -0.660. The fraction of sp³-hybridized carbons (Fsp3) is 0.900. The number of sulfone groups is 1. The number of aliphatic hydroxyl groups excluding tert-OH is 1. The minimum Gasteiger partial charge on any atom is -0.396 e. The minimum atomic E-state index is -3.09. The summed E-state index contributed by atoms with van der Waals surface area (Å²) >= 11 is 0. The van der Waals surface area contributed by atoms with Gasteiger partial charge in [0.25, 0.3) is 0 Å². The van der Waals surface area contributed by atoms with Crippen LogP contribution in [0.4, 0.5) is 0 Å². The molecule has 0 radical (unpaired) electrons. The van der Waals surface area contributed by atoms with Crippen molar-refractivity contribution in [1.29, 1.82) is 0 Å². The predicted molar refractivity (Wildman–Crippen MR) is 64.1 cm³/mol. The molecular formula is C10H20N2O4S. The number of carbonyl (C=O) groups is 1. The molecule has 1 saturated carbocycles. The molecule has 17 heavy (non-hydrogen) atoms. The Labute approximate surface area is 101 Å². The molecule has 4 N–H and O–H groups in total. The second kappa shape index (κ2) is 5.32. The van der Waals surface area contributed by atoms with Gasteiger partial charge in [-0.05, 0) is 19.3 Å². The monoisotopic (exact) mass is 264 g/mol. The number of aliphatic hydroxyl groups is 1. The third-order valence-corrected chi connectivity index (χ3v) is 4.04. The van der Waals surface area contributed by atoms with Gasteiger partial charge in [-0.15, -0.1) is 0 Å². The first-order chi connectivity index (χ1) is 7.78. The van der Waals surface area contributed by atoms with Crippen LogP contribution in [-0.2, 0) is 14.6 Å². The van der Waals surface area contributed by atoms with Gasteiger partial charge in [-0.1, -0.05) is 0 Å². The van der Waals surface area contributed by atoms with Gasteiger partial charge in [-0.3, -0.25) is 4.79 Å². The predicted octanol–water partition coefficient (Wildman–Crippen LogP) is -1.36. The van der Waals surface area contributed by atoms with Crippen molar-refractivity contribution in [3.63, 3.8) is 0 Å². The molecule has 0 spiro atoms. The highest BCUT2D eigenvalue weighted by Crippen LogP contribution is 2.44. The van der Waals surface area contributed by atoms with Gasteiger partial charge in [0.2, 0.25) is 5.91 Å². The lowest BCUT2D eigenvalue weighted by Gasteiger charge is -2.15. The van der Waals surface area contributed by atoms with Crippen LogP contribution in [0, 0.1) is 5.41 Å². The number of rotatable bonds is 7. The first-order valence-corrected chi connectivity index (χ1v) is 7.66. The van der Waals surface area contributed by atoms with Gasteiger partial charge in [0.15, 0.2) is 0 Å². The van der Waals surface area contributed by atoms with Crippen LogP contribution in [0.25, 0.3) is 0 Å². The Bertz CT molecular complexity index is 376. The Kier molecular flexibility index (Phi) is 4.51. The number of nitrogens with one attached hydrogen (secondary N) is 1. The molecule has 0 aromatic carbocycles. The van der Waals surface area contributed by atoms with Crippen LogP contribution in [0.15, 0.2) is 0 Å². The SMILES string of the molecule is CS(=O)(=O)CCC(N)C(=O)NCC1(CO)CC1. The van der Waals surface area contributed by atoms with Crippen molar-refractivity contribution >= 4 is 15.7 Å². The summed E-state index contributed by atoms with van der Waals surface area (Å²) in [5.41, 5.74) is 5.42. The van der Waals surface area contributed by atoms with E-state index in [-0.39, 0.29) is 30.1 Å². The zero-order chi connectivity index (χ0) is 13.1. The summed E-state index contributed by atoms with van der Waals surface area (Å²) in [6.07, 6.45) is 3.05. The fourth-order valence-electron chi connectivity index (χ4n) is 1.45. The van der Waals surface area contributed by atoms with Crippen molar-refractivity contribution < 1.29 is 18.3 Å². The van der Waals surface area contributed by atoms with Crippen molar-refractivity contribution in [2.24, 2.45) is 11.1 Å². The normalized spacial score (nSPS) is 19.7. The summed E-state index contributed by atoms with van der Waals surface area (Å²) in [6.45, 7) is 0.473. The summed E-state index contributed by atoms with van der Waals surface area (Å²) in [5, 5.41) is 11.7. The molecule has 0 bridgehead atoms. The van der Waals surface area contributed by atoms with E-state index in [4.69, 9.17) is 10.8 Å². The zero-order valence-corrected chi connectivity index (χ0v) is 10.8. The van der Waals surface area contributed by atoms with Crippen molar-refractivity contribution in [3.8, 4) is 0 Å². The highest BCUT2D eigenvalue weighted by molar-refractivity contribution is 7.90. The Morgan fingerprint density at radius 1 is 1.53 bits per heavy atom. The maximum Gasteiger partial charge on any atom is 0.236 e. The second-order valence-electron chi connectivity index (χ2n) is 4.90. The molecule has 0 heterocycles. The summed E-state index contributed by atoms with van der Waals surface area (Å²) < 4.78 is 21.8. The molecule has 0 aliphatic heterocycles. The number of nitrogens with two attached hydrogens (primary N) is 1. The Morgan fingerprint density at radius 3 is 2.53 bits per heavy atom. The minimum absolute atomic E-state index is 0.0614. The number of hydrogen-bond donors (Lipinski definition) is 3. The van der Waals surface area contributed by atoms with E-state index in [1.54, 1.807) is 0 Å². The molecule has 0 saturated heterocycles. The standard InChI is InChI=1S/C10H20N2O4S/c1-17(15,16)5-2-8(11)9(14)12-6-10(7-13)3-4-10/h8,13H,2-7,11H2,1H3,(H,12,14). The highest BCUT2D eigenvalue weighted by atomic mass is 32.2. The third kappa shape index (κ3) is 5.01. The average Bonchev–Trinajstić information content (AvgIpc) is 3.02. The smallest absolute Gasteiger partial charge is 0.236 e. The first kappa shape index (κ1) is 14.4. The van der Waals surface area contributed by atoms with Crippen LogP contribution >= 0.6 is 0 Å². The molecule has 1 fully saturated rings. The van der Waals surface area contributed by atoms with Crippen LogP contribution < -0.4 is 11.1 Å². The molecule has 0 aromatic rings. The molecule has 6 nitrogen and oxygen atoms in total. The van der Waals surface area contributed by atoms with E-state index in [1.807, 2.05) is 0 Å². The van der Waals surface area contributed by atoms with Crippen LogP contribution in [-0.4, -0.2) is 50.6 Å². The van der Waals surface area contributed by atoms with Crippen molar-refractivity contribution in [1.82, 2.24) is 5.32 Å². The number of amides is 1. The van der Waals surface area contributed by atoms with E-state index in [1.165, 1.54) is 0 Å². The van der Waals surface area contributed by atoms with Crippen LogP contribution in [0.3, 0.4) is 0 Å². The molecule has 1 unspecified atom stereocenters. The Balaban J connectivity index is 2.27. The van der Waals surface area contributed by atoms with E-state index in [0.717, 1.165) is 19.1 Å². The maximum atomic E-state index is 11.5. The molecule has 1 aliphatic carbocycles. The van der Waals surface area contributed by atoms with Crippen molar-refractivity contribution in [2.45, 2.75) is 25.3 Å². The van der Waals surface area contributed by atoms with Gasteiger partial charge in [-0.2, -0.15) is 0 Å². The fourth-order valence-corrected chi connectivity index (χ4v) is 2.13. The van der Waals surface area contributed by atoms with E-state index in [9.17, 15) is 13.2 Å². The van der Waals surface area contributed by atoms with Crippen LogP contribution in [0.1, 0.15) is 19.3 Å². The summed E-state index contributed by atoms with van der Waals surface area (Å²) in [4.78, 5) is 11.5. The van der Waals surface area contributed by atoms with E-state index < -0.39 is 15.9 Å². The molecular weight excluding hydrogens is 244 g/mol. The molecule has 1 atom stereocenters. The molecule has 1 amide bonds. The van der Waals surface area contributed by atoms with E-state index >= 15 is 0 Å². The quantitative estimate of drug-likeness (QED) is 0.526. The van der Waals surface area contributed by atoms with Gasteiger partial charge in [-0.25, -0.2) is 8.42 Å². The van der Waals surface area contributed by atoms with E-state index in [0.29, 0.717) is 6.54 Å². The second-order valence-corrected chi connectivity index (χ2v) is 7.16. The topological polar surface area (TPSA) is 109 Å². The third-order valence-electron chi connectivity index (χ3n) is 3.07. The van der Waals surface area contributed by atoms with Crippen molar-refractivity contribution in [2.75, 3.05) is 25.2 Å². The van der Waals surface area contributed by atoms with E-state index in [2.05, 4.69) is 5.32 Å². The molecule has 100 valence electrons. The summed E-state index contributed by atoms with van der Waals surface area (Å²) in [7, 11) is -3.09. The summed E-state index contributed by atoms with van der Waals surface area (Å²) in [6, 6.07) is -0.806. The lowest BCUT2D eigenvalue weighted by atomic mass is 10.1. The molecule has 7 heteroatoms. The number of carbonyl (C=O) groups excluding carboxylic acids is 1. The lowest BCUT2D eigenvalue weighted by molar-refractivity contribution is -0.122. The van der Waals surface area contributed by atoms with Gasteiger partial charge < -0.3 is 16.2 Å². The Morgan fingerprint density at radius 2 is 2.12 bits per heavy atom. The van der Waals surface area contributed by atoms with Gasteiger partial charge in [0, 0.05) is 18.2 Å². The van der Waals surface area contributed by atoms with Crippen LogP contribution in [0.2, 0.25) is 0 Å². The highest BCUT2D eigenvalue weighted by Gasteiger charge is 2.42. The molecule has 1 aliphatic rings. The maximum absolute atomic E-state index is 11.5. The van der Waals surface area contributed by atoms with Crippen molar-refractivity contribution in [3.05, 3.63) is 0 Å². The first-order valence-electron chi connectivity index (χ1n) is 5.60. The molecule has 0 aromatic heterocycles. The van der Waals surface area contributed by atoms with Gasteiger partial charge >= 0.3 is 0 Å². The zero-order valence-electron chi connectivity index (χ0n) is 9.98. The average molecular weight is 264 g/mol. The molecule has 1 rings (SSSR count). The van der Waals surface area contributed by atoms with Gasteiger partial charge in [0.05, 0.1) is 18.4 Å². The van der Waals surface area contributed by atoms with Crippen LogP contribution in [0.5, 0.6) is 0 Å². The van der Waals surface area contributed by atoms with Gasteiger partial charge in [0.1, 0.15) is 9.84 Å². The number of hydrogen-bond acceptors (Lipinski definition) is 5.